The number of hydrogen-bond donors (Lipinski definition) is 0. The van der Waals surface area contributed by atoms with Gasteiger partial charge in [-0.3, -0.25) is 14.5 Å². The third kappa shape index (κ3) is 9.22. The highest BCUT2D eigenvalue weighted by Gasteiger charge is 2.63. The van der Waals surface area contributed by atoms with Crippen LogP contribution in [0.4, 0.5) is 4.79 Å². The molecule has 3 aliphatic rings. The summed E-state index contributed by atoms with van der Waals surface area (Å²) in [7, 11) is -1.04. The molecule has 0 aliphatic carbocycles. The zero-order valence-electron chi connectivity index (χ0n) is 33.3. The Balaban J connectivity index is 2.08. The minimum atomic E-state index is -2.24. The van der Waals surface area contributed by atoms with Gasteiger partial charge in [-0.05, 0) is 56.0 Å². The molecule has 0 bridgehead atoms. The summed E-state index contributed by atoms with van der Waals surface area (Å²) in [6, 6.07) is -1.07. The van der Waals surface area contributed by atoms with Crippen molar-refractivity contribution in [3.8, 4) is 0 Å². The topological polar surface area (TPSA) is 115 Å². The van der Waals surface area contributed by atoms with Crippen molar-refractivity contribution in [1.29, 1.82) is 0 Å². The molecule has 288 valence electrons. The number of ether oxygens (including phenoxy) is 2. The highest BCUT2D eigenvalue weighted by Crippen LogP contribution is 2.55. The van der Waals surface area contributed by atoms with Crippen molar-refractivity contribution < 1.29 is 37.5 Å². The van der Waals surface area contributed by atoms with Crippen LogP contribution in [-0.4, -0.2) is 119 Å². The monoisotopic (exact) mass is 765 g/mol. The highest BCUT2D eigenvalue weighted by molar-refractivity contribution is 8.03. The number of β-lactam (4-membered cyclic amide) rings is 1. The van der Waals surface area contributed by atoms with Crippen molar-refractivity contribution in [2.45, 2.75) is 121 Å². The van der Waals surface area contributed by atoms with Crippen LogP contribution in [-0.2, 0) is 32.7 Å². The lowest BCUT2D eigenvalue weighted by molar-refractivity contribution is -0.163. The molecule has 2 saturated heterocycles. The Morgan fingerprint density at radius 1 is 0.980 bits per heavy atom. The molecule has 0 N–H and O–H groups in total. The van der Waals surface area contributed by atoms with Gasteiger partial charge in [0, 0.05) is 43.3 Å². The molecule has 0 aromatic rings. The number of likely N-dealkylation sites (N-methyl/N-ethyl adjacent to an activating group) is 1. The average molecular weight is 766 g/mol. The normalized spacial score (nSPS) is 24.6. The van der Waals surface area contributed by atoms with Crippen LogP contribution in [0, 0.1) is 11.8 Å². The van der Waals surface area contributed by atoms with E-state index in [1.54, 1.807) is 19.0 Å². The van der Waals surface area contributed by atoms with Crippen LogP contribution in [0.2, 0.25) is 36.3 Å². The van der Waals surface area contributed by atoms with Crippen LogP contribution in [0.15, 0.2) is 35.9 Å². The summed E-state index contributed by atoms with van der Waals surface area (Å²) in [5.74, 6) is -1.68. The summed E-state index contributed by atoms with van der Waals surface area (Å²) in [6.45, 7) is 31.9. The summed E-state index contributed by atoms with van der Waals surface area (Å²) < 4.78 is 24.5. The Morgan fingerprint density at radius 2 is 1.55 bits per heavy atom. The molecule has 51 heavy (non-hydrogen) atoms. The zero-order valence-corrected chi connectivity index (χ0v) is 36.1. The number of hydrogen-bond acceptors (Lipinski definition) is 9. The standard InChI is InChI=1S/C37H63N3O8SSi2/c1-16-19-45-34(43)30-31(49-25-22-27(32(41)38(10)11)39(23-25)35(44)46-20-17-2)26(18-21-47-50(12,13)36(4,5)6)29-28(33(42)40(29)30)24(3)48-51(14,15)37(7,8)9/h16-17,24-29H,1-2,18-23H2,3-15H3/t24-,25+,26-,27+,28-,29-/m1/s1. The minimum absolute atomic E-state index is 0.00375. The number of carbonyl (C=O) groups is 4. The van der Waals surface area contributed by atoms with Gasteiger partial charge < -0.3 is 28.1 Å². The molecule has 0 unspecified atom stereocenters. The first kappa shape index (κ1) is 43.0. The molecule has 0 saturated carbocycles. The van der Waals surface area contributed by atoms with E-state index in [2.05, 4.69) is 80.9 Å². The summed E-state index contributed by atoms with van der Waals surface area (Å²) in [5.41, 5.74) is 0.230. The molecule has 3 aliphatic heterocycles. The van der Waals surface area contributed by atoms with E-state index in [0.29, 0.717) is 19.4 Å². The third-order valence-electron chi connectivity index (χ3n) is 11.3. The minimum Gasteiger partial charge on any atom is -0.457 e. The number of nitrogens with zero attached hydrogens (tertiary/aromatic N) is 3. The van der Waals surface area contributed by atoms with Gasteiger partial charge in [0.05, 0.1) is 18.1 Å². The lowest BCUT2D eigenvalue weighted by atomic mass is 9.77. The Bertz CT molecular complexity index is 1390. The maximum Gasteiger partial charge on any atom is 0.410 e. The molecule has 0 aromatic carbocycles. The predicted molar refractivity (Wildman–Crippen MR) is 208 cm³/mol. The van der Waals surface area contributed by atoms with Crippen LogP contribution in [0.3, 0.4) is 0 Å². The third-order valence-corrected chi connectivity index (χ3v) is 21.8. The predicted octanol–water partition coefficient (Wildman–Crippen LogP) is 6.79. The van der Waals surface area contributed by atoms with Crippen LogP contribution in [0.1, 0.15) is 61.3 Å². The second-order valence-corrected chi connectivity index (χ2v) is 28.1. The lowest BCUT2D eigenvalue weighted by Crippen LogP contribution is -2.65. The second-order valence-electron chi connectivity index (χ2n) is 17.2. The lowest BCUT2D eigenvalue weighted by Gasteiger charge is -2.50. The fourth-order valence-electron chi connectivity index (χ4n) is 6.38. The number of rotatable bonds is 15. The van der Waals surface area contributed by atoms with Gasteiger partial charge in [-0.2, -0.15) is 0 Å². The van der Waals surface area contributed by atoms with Crippen molar-refractivity contribution in [1.82, 2.24) is 14.7 Å². The molecule has 3 amide bonds. The van der Waals surface area contributed by atoms with E-state index >= 15 is 0 Å². The Kier molecular flexibility index (Phi) is 13.8. The van der Waals surface area contributed by atoms with Crippen molar-refractivity contribution in [3.63, 3.8) is 0 Å². The highest BCUT2D eigenvalue weighted by atomic mass is 32.2. The van der Waals surface area contributed by atoms with Gasteiger partial charge in [-0.25, -0.2) is 9.59 Å². The number of carbonyl (C=O) groups excluding carboxylic acids is 4. The van der Waals surface area contributed by atoms with Crippen molar-refractivity contribution in [2.24, 2.45) is 11.8 Å². The molecule has 3 rings (SSSR count). The molecule has 6 atom stereocenters. The molecule has 0 radical (unpaired) electrons. The van der Waals surface area contributed by atoms with E-state index in [1.807, 2.05) is 6.92 Å². The van der Waals surface area contributed by atoms with Gasteiger partial charge in [0.1, 0.15) is 25.0 Å². The van der Waals surface area contributed by atoms with Gasteiger partial charge >= 0.3 is 12.1 Å². The first-order valence-corrected chi connectivity index (χ1v) is 24.7. The van der Waals surface area contributed by atoms with Crippen molar-refractivity contribution >= 4 is 52.3 Å². The first-order chi connectivity index (χ1) is 23.4. The molecule has 0 spiro atoms. The van der Waals surface area contributed by atoms with E-state index in [1.165, 1.54) is 33.7 Å². The van der Waals surface area contributed by atoms with Crippen molar-refractivity contribution in [2.75, 3.05) is 40.5 Å². The molecular weight excluding hydrogens is 703 g/mol. The van der Waals surface area contributed by atoms with Gasteiger partial charge in [0.2, 0.25) is 11.8 Å². The summed E-state index contributed by atoms with van der Waals surface area (Å²) in [4.78, 5) is 59.8. The van der Waals surface area contributed by atoms with Gasteiger partial charge in [-0.15, -0.1) is 11.8 Å². The zero-order chi connectivity index (χ0) is 38.9. The molecule has 0 aromatic heterocycles. The molecule has 3 heterocycles. The number of esters is 1. The van der Waals surface area contributed by atoms with E-state index in [-0.39, 0.29) is 70.7 Å². The Hall–Kier alpha value is -2.40. The summed E-state index contributed by atoms with van der Waals surface area (Å²) in [6.07, 6.45) is 2.93. The molecule has 11 nitrogen and oxygen atoms in total. The summed E-state index contributed by atoms with van der Waals surface area (Å²) >= 11 is 1.46. The van der Waals surface area contributed by atoms with Gasteiger partial charge in [0.15, 0.2) is 16.6 Å². The smallest absolute Gasteiger partial charge is 0.410 e. The fourth-order valence-corrected chi connectivity index (χ4v) is 10.5. The van der Waals surface area contributed by atoms with E-state index in [4.69, 9.17) is 18.3 Å². The van der Waals surface area contributed by atoms with Crippen LogP contribution in [0.5, 0.6) is 0 Å². The van der Waals surface area contributed by atoms with Gasteiger partial charge in [0.25, 0.3) is 0 Å². The number of likely N-dealkylation sites (tertiary alicyclic amines) is 1. The number of amides is 3. The second kappa shape index (κ2) is 16.3. The van der Waals surface area contributed by atoms with Gasteiger partial charge in [-0.1, -0.05) is 66.9 Å². The maximum absolute atomic E-state index is 14.2. The average Bonchev–Trinajstić information content (AvgIpc) is 3.54. The van der Waals surface area contributed by atoms with Crippen molar-refractivity contribution in [3.05, 3.63) is 35.9 Å². The summed E-state index contributed by atoms with van der Waals surface area (Å²) in [5, 5.41) is -0.311. The van der Waals surface area contributed by atoms with E-state index < -0.39 is 40.7 Å². The molecule has 14 heteroatoms. The fraction of sp³-hybridized carbons (Fsp3) is 0.730. The Labute approximate surface area is 312 Å². The molecular formula is C37H63N3O8SSi2. The Morgan fingerprint density at radius 3 is 2.08 bits per heavy atom. The first-order valence-electron chi connectivity index (χ1n) is 18.0. The van der Waals surface area contributed by atoms with E-state index in [9.17, 15) is 19.2 Å². The largest absolute Gasteiger partial charge is 0.457 e. The van der Waals surface area contributed by atoms with E-state index in [0.717, 1.165) is 4.91 Å². The van der Waals surface area contributed by atoms with Crippen LogP contribution < -0.4 is 0 Å². The molecule has 2 fully saturated rings. The SMILES string of the molecule is C=CCOC(=O)C1=C(S[C@H]2C[C@@H](C(=O)N(C)C)N(C(=O)OCC=C)C2)[C@H](CCO[Si](C)(C)C(C)(C)C)[C@@H]2[C@@H]([C@@H](C)O[Si](C)(C)C(C)(C)C)C(=O)N12. The number of thioether (sulfide) groups is 1. The number of fused-ring (bicyclic) bond motifs is 1. The quantitative estimate of drug-likeness (QED) is 0.0770. The van der Waals surface area contributed by atoms with Crippen LogP contribution in [0.25, 0.3) is 0 Å². The van der Waals surface area contributed by atoms with Crippen LogP contribution >= 0.6 is 11.8 Å². The maximum atomic E-state index is 14.2.